The summed E-state index contributed by atoms with van der Waals surface area (Å²) in [7, 11) is 0. The molecule has 0 N–H and O–H groups in total. The first-order chi connectivity index (χ1) is 18.2. The summed E-state index contributed by atoms with van der Waals surface area (Å²) in [4.78, 5) is 0. The van der Waals surface area contributed by atoms with Crippen LogP contribution >= 0.6 is 0 Å². The molecule has 1 heteroatoms. The number of hydrogen-bond acceptors (Lipinski definition) is 1. The molecule has 1 nitrogen and oxygen atoms in total. The van der Waals surface area contributed by atoms with Gasteiger partial charge in [-0.2, -0.15) is 0 Å². The van der Waals surface area contributed by atoms with Crippen molar-refractivity contribution in [3.05, 3.63) is 54.1 Å². The molecule has 0 bridgehead atoms. The summed E-state index contributed by atoms with van der Waals surface area (Å²) in [5.74, 6) is 5.87. The van der Waals surface area contributed by atoms with Crippen LogP contribution in [0.15, 0.2) is 48.6 Å². The third-order valence-corrected chi connectivity index (χ3v) is 9.84. The second-order valence-corrected chi connectivity index (χ2v) is 12.8. The van der Waals surface area contributed by atoms with E-state index in [0.29, 0.717) is 5.92 Å². The molecule has 3 aliphatic carbocycles. The molecule has 0 aromatic heterocycles. The molecule has 0 heterocycles. The van der Waals surface area contributed by atoms with Crippen molar-refractivity contribution in [2.45, 2.75) is 129 Å². The summed E-state index contributed by atoms with van der Waals surface area (Å²) in [6.07, 6.45) is 33.7. The summed E-state index contributed by atoms with van der Waals surface area (Å²) in [5, 5.41) is 0. The molecule has 206 valence electrons. The summed E-state index contributed by atoms with van der Waals surface area (Å²) < 4.78 is 6.19. The zero-order chi connectivity index (χ0) is 25.7. The highest BCUT2D eigenvalue weighted by atomic mass is 16.5. The molecule has 2 saturated carbocycles. The predicted molar refractivity (Wildman–Crippen MR) is 160 cm³/mol. The standard InChI is InChI=1S/C36H56O/c1-3-5-7-9-30-16-18-33(19-17-30)28-37-36-26-24-35(25-27-36)34-22-20-32(21-23-34)15-14-31-12-10-29(11-13-31)8-6-4-2/h14-16,18,24-27,29-34H,3-13,17,19-23,28H2,1-2H3. The van der Waals surface area contributed by atoms with Crippen molar-refractivity contribution in [2.24, 2.45) is 29.6 Å². The largest absolute Gasteiger partial charge is 0.493 e. The Morgan fingerprint density at radius 3 is 1.89 bits per heavy atom. The third-order valence-electron chi connectivity index (χ3n) is 9.84. The molecule has 1 aromatic rings. The van der Waals surface area contributed by atoms with Gasteiger partial charge < -0.3 is 4.74 Å². The molecule has 0 aliphatic heterocycles. The fraction of sp³-hybridized carbons (Fsp3) is 0.722. The zero-order valence-corrected chi connectivity index (χ0v) is 24.2. The number of benzene rings is 1. The van der Waals surface area contributed by atoms with E-state index in [1.807, 2.05) is 0 Å². The van der Waals surface area contributed by atoms with Crippen molar-refractivity contribution in [3.8, 4) is 5.75 Å². The molecule has 3 aliphatic rings. The highest BCUT2D eigenvalue weighted by Gasteiger charge is 2.23. The van der Waals surface area contributed by atoms with Gasteiger partial charge in [-0.15, -0.1) is 0 Å². The van der Waals surface area contributed by atoms with Gasteiger partial charge in [-0.1, -0.05) is 88.8 Å². The molecule has 2 atom stereocenters. The van der Waals surface area contributed by atoms with Gasteiger partial charge in [0, 0.05) is 5.92 Å². The van der Waals surface area contributed by atoms with Gasteiger partial charge in [0.05, 0.1) is 6.61 Å². The van der Waals surface area contributed by atoms with Crippen molar-refractivity contribution in [1.29, 1.82) is 0 Å². The van der Waals surface area contributed by atoms with Crippen LogP contribution in [-0.4, -0.2) is 6.61 Å². The minimum Gasteiger partial charge on any atom is -0.493 e. The number of allylic oxidation sites excluding steroid dienone is 3. The van der Waals surface area contributed by atoms with Crippen LogP contribution in [0.25, 0.3) is 0 Å². The molecule has 4 rings (SSSR count). The van der Waals surface area contributed by atoms with Gasteiger partial charge in [0.1, 0.15) is 5.75 Å². The molecule has 0 radical (unpaired) electrons. The molecule has 0 amide bonds. The minimum absolute atomic E-state index is 0.585. The Morgan fingerprint density at radius 2 is 1.27 bits per heavy atom. The quantitative estimate of drug-likeness (QED) is 0.192. The normalized spacial score (nSPS) is 30.5. The Balaban J connectivity index is 1.12. The van der Waals surface area contributed by atoms with Gasteiger partial charge in [0.15, 0.2) is 0 Å². The van der Waals surface area contributed by atoms with Crippen molar-refractivity contribution < 1.29 is 4.74 Å². The molecule has 1 aromatic carbocycles. The molecule has 0 spiro atoms. The van der Waals surface area contributed by atoms with E-state index in [1.54, 1.807) is 0 Å². The fourth-order valence-corrected chi connectivity index (χ4v) is 7.13. The van der Waals surface area contributed by atoms with Crippen LogP contribution in [0, 0.1) is 29.6 Å². The number of hydrogen-bond donors (Lipinski definition) is 0. The monoisotopic (exact) mass is 504 g/mol. The highest BCUT2D eigenvalue weighted by Crippen LogP contribution is 2.38. The Hall–Kier alpha value is -1.50. The minimum atomic E-state index is 0.585. The van der Waals surface area contributed by atoms with Crippen LogP contribution in [0.1, 0.15) is 134 Å². The Morgan fingerprint density at radius 1 is 0.649 bits per heavy atom. The van der Waals surface area contributed by atoms with E-state index in [9.17, 15) is 0 Å². The first kappa shape index (κ1) is 28.5. The van der Waals surface area contributed by atoms with E-state index in [4.69, 9.17) is 4.74 Å². The second-order valence-electron chi connectivity index (χ2n) is 12.8. The van der Waals surface area contributed by atoms with E-state index in [2.05, 4.69) is 62.4 Å². The lowest BCUT2D eigenvalue weighted by Crippen LogP contribution is -2.16. The third kappa shape index (κ3) is 9.63. The maximum Gasteiger partial charge on any atom is 0.119 e. The van der Waals surface area contributed by atoms with Crippen LogP contribution in [0.5, 0.6) is 5.75 Å². The zero-order valence-electron chi connectivity index (χ0n) is 24.2. The number of unbranched alkanes of at least 4 members (excludes halogenated alkanes) is 3. The van der Waals surface area contributed by atoms with Crippen LogP contribution in [-0.2, 0) is 0 Å². The molecule has 2 unspecified atom stereocenters. The van der Waals surface area contributed by atoms with Crippen LogP contribution in [0.3, 0.4) is 0 Å². The summed E-state index contributed by atoms with van der Waals surface area (Å²) >= 11 is 0. The van der Waals surface area contributed by atoms with Gasteiger partial charge in [0.2, 0.25) is 0 Å². The van der Waals surface area contributed by atoms with Gasteiger partial charge in [-0.25, -0.2) is 0 Å². The van der Waals surface area contributed by atoms with Crippen molar-refractivity contribution >= 4 is 0 Å². The summed E-state index contributed by atoms with van der Waals surface area (Å²) in [6.45, 7) is 5.45. The number of ether oxygens (including phenoxy) is 1. The second kappa shape index (κ2) is 15.8. The summed E-state index contributed by atoms with van der Waals surface area (Å²) in [6, 6.07) is 9.12. The highest BCUT2D eigenvalue weighted by molar-refractivity contribution is 5.30. The van der Waals surface area contributed by atoms with Gasteiger partial charge in [-0.3, -0.25) is 0 Å². The maximum absolute atomic E-state index is 6.19. The summed E-state index contributed by atoms with van der Waals surface area (Å²) in [5.41, 5.74) is 1.52. The molecule has 37 heavy (non-hydrogen) atoms. The predicted octanol–water partition coefficient (Wildman–Crippen LogP) is 11.1. The van der Waals surface area contributed by atoms with Crippen LogP contribution in [0.4, 0.5) is 0 Å². The molecular weight excluding hydrogens is 448 g/mol. The lowest BCUT2D eigenvalue weighted by atomic mass is 9.77. The van der Waals surface area contributed by atoms with Crippen LogP contribution < -0.4 is 4.74 Å². The lowest BCUT2D eigenvalue weighted by Gasteiger charge is -2.29. The van der Waals surface area contributed by atoms with E-state index in [0.717, 1.165) is 41.9 Å². The average Bonchev–Trinajstić information content (AvgIpc) is 2.96. The van der Waals surface area contributed by atoms with Crippen molar-refractivity contribution in [1.82, 2.24) is 0 Å². The van der Waals surface area contributed by atoms with E-state index < -0.39 is 0 Å². The Kier molecular flexibility index (Phi) is 12.2. The van der Waals surface area contributed by atoms with Crippen molar-refractivity contribution in [3.63, 3.8) is 0 Å². The van der Waals surface area contributed by atoms with Crippen LogP contribution in [0.2, 0.25) is 0 Å². The molecular formula is C36H56O. The van der Waals surface area contributed by atoms with Gasteiger partial charge in [0.25, 0.3) is 0 Å². The van der Waals surface area contributed by atoms with Gasteiger partial charge >= 0.3 is 0 Å². The van der Waals surface area contributed by atoms with Gasteiger partial charge in [-0.05, 0) is 118 Å². The maximum atomic E-state index is 6.19. The fourth-order valence-electron chi connectivity index (χ4n) is 7.13. The first-order valence-electron chi connectivity index (χ1n) is 16.3. The first-order valence-corrected chi connectivity index (χ1v) is 16.3. The van der Waals surface area contributed by atoms with E-state index >= 15 is 0 Å². The van der Waals surface area contributed by atoms with Crippen molar-refractivity contribution in [2.75, 3.05) is 6.61 Å². The van der Waals surface area contributed by atoms with E-state index in [-0.39, 0.29) is 0 Å². The average molecular weight is 505 g/mol. The number of rotatable bonds is 13. The molecule has 2 fully saturated rings. The molecule has 0 saturated heterocycles. The lowest BCUT2D eigenvalue weighted by molar-refractivity contribution is 0.253. The SMILES string of the molecule is CCCCCC1C=CC(COc2ccc(C3CCC(C=CC4CCC(CCCC)CC4)CC3)cc2)CC1. The van der Waals surface area contributed by atoms with E-state index in [1.165, 1.54) is 115 Å². The smallest absolute Gasteiger partial charge is 0.119 e. The Labute approximate surface area is 229 Å². The topological polar surface area (TPSA) is 9.23 Å². The Bertz CT molecular complexity index is 788.